The molecule has 1 aromatic rings. The Hall–Kier alpha value is -3.33. The van der Waals surface area contributed by atoms with E-state index in [1.807, 2.05) is 6.92 Å². The fourth-order valence-electron chi connectivity index (χ4n) is 5.80. The van der Waals surface area contributed by atoms with Crippen LogP contribution in [0.25, 0.3) is 0 Å². The molecule has 11 nitrogen and oxygen atoms in total. The van der Waals surface area contributed by atoms with Gasteiger partial charge >= 0.3 is 18.2 Å². The van der Waals surface area contributed by atoms with Crippen LogP contribution in [0.15, 0.2) is 35.9 Å². The van der Waals surface area contributed by atoms with Crippen molar-refractivity contribution in [3.63, 3.8) is 0 Å². The van der Waals surface area contributed by atoms with Gasteiger partial charge in [-0.2, -0.15) is 13.2 Å². The van der Waals surface area contributed by atoms with Crippen LogP contribution >= 0.6 is 11.6 Å². The van der Waals surface area contributed by atoms with Crippen molar-refractivity contribution in [1.82, 2.24) is 5.32 Å². The van der Waals surface area contributed by atoms with Crippen LogP contribution in [0.5, 0.6) is 5.75 Å². The Morgan fingerprint density at radius 2 is 1.93 bits per heavy atom. The molecular weight excluding hydrogens is 625 g/mol. The Morgan fingerprint density at radius 1 is 1.24 bits per heavy atom. The largest absolute Gasteiger partial charge is 0.495 e. The maximum absolute atomic E-state index is 13.6. The summed E-state index contributed by atoms with van der Waals surface area (Å²) < 4.78 is 67.0. The molecule has 0 radical (unpaired) electrons. The van der Waals surface area contributed by atoms with Gasteiger partial charge in [-0.15, -0.1) is 0 Å². The number of rotatable bonds is 3. The smallest absolute Gasteiger partial charge is 0.490 e. The van der Waals surface area contributed by atoms with Crippen molar-refractivity contribution in [2.24, 2.45) is 5.92 Å². The predicted octanol–water partition coefficient (Wildman–Crippen LogP) is 4.23. The van der Waals surface area contributed by atoms with Crippen LogP contribution in [0, 0.1) is 5.92 Å². The Bertz CT molecular complexity index is 1400. The minimum atomic E-state index is -5.34. The van der Waals surface area contributed by atoms with E-state index < -0.39 is 72.2 Å². The first-order valence-electron chi connectivity index (χ1n) is 14.1. The SMILES string of the molecule is COc1cc2cc(c1Cl)N(C)C(=O)CC(OC(=O)C(F)(F)F)C1(C)OC1C(C)C1CC(O)(NC(=O)O1)C(OC)/C=C/C=C(\C)C2. The van der Waals surface area contributed by atoms with E-state index in [0.29, 0.717) is 12.0 Å². The van der Waals surface area contributed by atoms with Gasteiger partial charge in [-0.05, 0) is 38.0 Å². The lowest BCUT2D eigenvalue weighted by molar-refractivity contribution is -0.207. The second-order valence-corrected chi connectivity index (χ2v) is 12.1. The molecule has 3 aliphatic rings. The molecular formula is C30H36ClF3N2O9. The number of esters is 1. The summed E-state index contributed by atoms with van der Waals surface area (Å²) in [5, 5.41) is 14.0. The molecule has 1 aromatic carbocycles. The van der Waals surface area contributed by atoms with Crippen LogP contribution < -0.4 is 15.0 Å². The number of nitrogens with one attached hydrogen (secondary N) is 1. The summed E-state index contributed by atoms with van der Waals surface area (Å²) in [5.74, 6) is -3.69. The summed E-state index contributed by atoms with van der Waals surface area (Å²) in [6.07, 6.45) is -6.43. The molecule has 7 unspecified atom stereocenters. The number of methoxy groups -OCH3 is 2. The zero-order valence-electron chi connectivity index (χ0n) is 25.6. The molecule has 15 heteroatoms. The molecule has 0 spiro atoms. The van der Waals surface area contributed by atoms with Crippen molar-refractivity contribution in [3.05, 3.63) is 46.5 Å². The molecule has 45 heavy (non-hydrogen) atoms. The number of benzene rings is 1. The number of anilines is 1. The van der Waals surface area contributed by atoms with E-state index >= 15 is 0 Å². The number of ether oxygens (including phenoxy) is 5. The number of alkyl carbamates (subject to hydrolysis) is 1. The van der Waals surface area contributed by atoms with Crippen molar-refractivity contribution in [2.45, 2.75) is 82.0 Å². The maximum atomic E-state index is 13.6. The van der Waals surface area contributed by atoms with Gasteiger partial charge in [0.05, 0.1) is 25.3 Å². The monoisotopic (exact) mass is 660 g/mol. The zero-order valence-corrected chi connectivity index (χ0v) is 26.3. The van der Waals surface area contributed by atoms with Crippen LogP contribution in [-0.2, 0) is 35.0 Å². The molecule has 248 valence electrons. The first-order valence-corrected chi connectivity index (χ1v) is 14.5. The second kappa shape index (κ2) is 12.8. The number of allylic oxidation sites excluding steroid dienone is 3. The average molecular weight is 661 g/mol. The zero-order chi connectivity index (χ0) is 33.5. The number of nitrogens with zero attached hydrogens (tertiary/aromatic N) is 1. The molecule has 2 N–H and O–H groups in total. The molecule has 7 atom stereocenters. The quantitative estimate of drug-likeness (QED) is 0.361. The van der Waals surface area contributed by atoms with Gasteiger partial charge in [0.15, 0.2) is 5.72 Å². The number of carbonyl (C=O) groups excluding carboxylic acids is 3. The first kappa shape index (κ1) is 34.5. The third-order valence-corrected chi connectivity index (χ3v) is 8.81. The number of carbonyl (C=O) groups is 3. The normalized spacial score (nSPS) is 34.4. The minimum absolute atomic E-state index is 0.0894. The Balaban J connectivity index is 1.81. The second-order valence-electron chi connectivity index (χ2n) is 11.7. The van der Waals surface area contributed by atoms with Crippen molar-refractivity contribution < 1.29 is 56.3 Å². The van der Waals surface area contributed by atoms with Gasteiger partial charge in [-0.25, -0.2) is 9.59 Å². The summed E-state index contributed by atoms with van der Waals surface area (Å²) in [7, 11) is 4.14. The molecule has 3 heterocycles. The van der Waals surface area contributed by atoms with Gasteiger partial charge in [0, 0.05) is 26.5 Å². The molecule has 2 fully saturated rings. The van der Waals surface area contributed by atoms with E-state index in [4.69, 9.17) is 35.3 Å². The topological polar surface area (TPSA) is 136 Å². The van der Waals surface area contributed by atoms with Crippen molar-refractivity contribution in [2.75, 3.05) is 26.2 Å². The number of fused-ring (bicyclic) bond motifs is 5. The summed E-state index contributed by atoms with van der Waals surface area (Å²) in [6.45, 7) is 4.86. The van der Waals surface area contributed by atoms with Gasteiger partial charge < -0.3 is 33.7 Å². The number of hydrogen-bond donors (Lipinski definition) is 2. The van der Waals surface area contributed by atoms with Crippen LogP contribution in [0.1, 0.15) is 39.2 Å². The summed E-state index contributed by atoms with van der Waals surface area (Å²) in [6, 6.07) is 3.33. The molecule has 0 aromatic heterocycles. The first-order chi connectivity index (χ1) is 20.9. The fourth-order valence-corrected chi connectivity index (χ4v) is 6.11. The summed E-state index contributed by atoms with van der Waals surface area (Å²) in [5.41, 5.74) is -1.74. The standard InChI is InChI=1S/C30H36ClF3N2O9/c1-15-8-7-9-21(42-6)29(40)14-20(43-27(39)35-29)16(2)25-28(3,45-25)22(44-26(38)30(32,33)34)13-23(37)36(4)18-11-17(10-15)12-19(41-5)24(18)31/h7-9,11-12,16,20-22,25,40H,10,13-14H2,1-6H3,(H,35,39)/b9-7+,15-8+. The summed E-state index contributed by atoms with van der Waals surface area (Å²) >= 11 is 6.55. The number of aliphatic hydroxyl groups is 1. The van der Waals surface area contributed by atoms with Gasteiger partial charge in [-0.1, -0.05) is 42.3 Å². The number of epoxide rings is 1. The highest BCUT2D eigenvalue weighted by Crippen LogP contribution is 2.49. The highest BCUT2D eigenvalue weighted by Gasteiger charge is 2.65. The molecule has 4 bridgehead atoms. The van der Waals surface area contributed by atoms with E-state index in [1.165, 1.54) is 28.2 Å². The average Bonchev–Trinajstić information content (AvgIpc) is 3.65. The Labute approximate surface area is 263 Å². The lowest BCUT2D eigenvalue weighted by Crippen LogP contribution is -2.63. The van der Waals surface area contributed by atoms with E-state index in [1.54, 1.807) is 37.3 Å². The fraction of sp³-hybridized carbons (Fsp3) is 0.567. The molecule has 0 saturated carbocycles. The molecule has 2 amide bonds. The van der Waals surface area contributed by atoms with Gasteiger partial charge in [0.1, 0.15) is 34.7 Å². The Kier molecular flexibility index (Phi) is 9.84. The third-order valence-electron chi connectivity index (χ3n) is 8.43. The van der Waals surface area contributed by atoms with E-state index in [2.05, 4.69) is 5.32 Å². The molecule has 0 aliphatic carbocycles. The molecule has 4 rings (SSSR count). The van der Waals surface area contributed by atoms with Gasteiger partial charge in [-0.3, -0.25) is 10.1 Å². The van der Waals surface area contributed by atoms with Crippen LogP contribution in [0.4, 0.5) is 23.7 Å². The van der Waals surface area contributed by atoms with Gasteiger partial charge in [0.2, 0.25) is 5.91 Å². The number of alkyl halides is 3. The van der Waals surface area contributed by atoms with E-state index in [0.717, 1.165) is 10.5 Å². The van der Waals surface area contributed by atoms with Gasteiger partial charge in [0.25, 0.3) is 0 Å². The number of hydrogen-bond acceptors (Lipinski definition) is 9. The predicted molar refractivity (Wildman–Crippen MR) is 155 cm³/mol. The molecule has 2 saturated heterocycles. The van der Waals surface area contributed by atoms with Crippen molar-refractivity contribution >= 4 is 35.3 Å². The van der Waals surface area contributed by atoms with Crippen LogP contribution in [0.2, 0.25) is 5.02 Å². The van der Waals surface area contributed by atoms with Crippen LogP contribution in [-0.4, -0.2) is 86.3 Å². The lowest BCUT2D eigenvalue weighted by Gasteiger charge is -2.42. The molecule has 3 aliphatic heterocycles. The van der Waals surface area contributed by atoms with Crippen molar-refractivity contribution in [1.29, 1.82) is 0 Å². The minimum Gasteiger partial charge on any atom is -0.495 e. The van der Waals surface area contributed by atoms with E-state index in [-0.39, 0.29) is 22.9 Å². The number of amides is 2. The highest BCUT2D eigenvalue weighted by atomic mass is 35.5. The lowest BCUT2D eigenvalue weighted by atomic mass is 9.83. The van der Waals surface area contributed by atoms with Crippen molar-refractivity contribution in [3.8, 4) is 5.75 Å². The summed E-state index contributed by atoms with van der Waals surface area (Å²) in [4.78, 5) is 39.3. The Morgan fingerprint density at radius 3 is 2.56 bits per heavy atom. The third kappa shape index (κ3) is 7.24. The van der Waals surface area contributed by atoms with Crippen LogP contribution in [0.3, 0.4) is 0 Å². The maximum Gasteiger partial charge on any atom is 0.490 e. The number of halogens is 4. The highest BCUT2D eigenvalue weighted by molar-refractivity contribution is 6.35. The van der Waals surface area contributed by atoms with E-state index in [9.17, 15) is 32.7 Å².